The summed E-state index contributed by atoms with van der Waals surface area (Å²) >= 11 is 0. The van der Waals surface area contributed by atoms with Gasteiger partial charge in [0.1, 0.15) is 0 Å². The highest BCUT2D eigenvalue weighted by atomic mass is 16.5. The summed E-state index contributed by atoms with van der Waals surface area (Å²) in [6.45, 7) is 5.53. The number of rotatable bonds is 4. The van der Waals surface area contributed by atoms with Gasteiger partial charge in [-0.25, -0.2) is 19.3 Å². The second kappa shape index (κ2) is 7.25. The summed E-state index contributed by atoms with van der Waals surface area (Å²) < 4.78 is 9.26. The van der Waals surface area contributed by atoms with Gasteiger partial charge in [-0.05, 0) is 44.4 Å². The van der Waals surface area contributed by atoms with E-state index < -0.39 is 0 Å². The Morgan fingerprint density at radius 1 is 1.14 bits per heavy atom. The van der Waals surface area contributed by atoms with E-state index >= 15 is 0 Å². The predicted molar refractivity (Wildman–Crippen MR) is 109 cm³/mol. The standard InChI is InChI=1S/C20H22N8O/c1-13-10-18(27-7-3-6-23-27)21-12-17(13)24-20-22-11-16-14(2)26-28(19(16)25-20)15-4-8-29-9-5-15/h3,6-7,10-12,15H,4-5,8-9H2,1-2H3,(H,22,24,25). The number of ether oxygens (including phenoxy) is 1. The molecule has 5 rings (SSSR count). The molecule has 4 aromatic heterocycles. The molecule has 0 spiro atoms. The number of nitrogens with zero attached hydrogens (tertiary/aromatic N) is 7. The summed E-state index contributed by atoms with van der Waals surface area (Å²) in [5.41, 5.74) is 3.68. The van der Waals surface area contributed by atoms with Crippen LogP contribution >= 0.6 is 0 Å². The summed E-state index contributed by atoms with van der Waals surface area (Å²) in [5, 5.41) is 13.2. The van der Waals surface area contributed by atoms with Gasteiger partial charge < -0.3 is 10.1 Å². The largest absolute Gasteiger partial charge is 0.381 e. The summed E-state index contributed by atoms with van der Waals surface area (Å²) in [6.07, 6.45) is 9.11. The molecular formula is C20H22N8O. The number of hydrogen-bond donors (Lipinski definition) is 1. The lowest BCUT2D eigenvalue weighted by atomic mass is 10.1. The Kier molecular flexibility index (Phi) is 4.44. The Morgan fingerprint density at radius 2 is 2.00 bits per heavy atom. The summed E-state index contributed by atoms with van der Waals surface area (Å²) in [6, 6.07) is 4.15. The van der Waals surface area contributed by atoms with Crippen LogP contribution in [-0.4, -0.2) is 47.7 Å². The first-order chi connectivity index (χ1) is 14.2. The lowest BCUT2D eigenvalue weighted by Crippen LogP contribution is -2.20. The topological polar surface area (TPSA) is 95.6 Å². The molecule has 4 aromatic rings. The number of fused-ring (bicyclic) bond motifs is 1. The molecular weight excluding hydrogens is 368 g/mol. The second-order valence-electron chi connectivity index (χ2n) is 7.24. The molecule has 5 heterocycles. The van der Waals surface area contributed by atoms with Gasteiger partial charge in [0.05, 0.1) is 29.0 Å². The predicted octanol–water partition coefficient (Wildman–Crippen LogP) is 3.12. The summed E-state index contributed by atoms with van der Waals surface area (Å²) in [5.74, 6) is 1.30. The van der Waals surface area contributed by atoms with Gasteiger partial charge in [-0.3, -0.25) is 0 Å². The maximum Gasteiger partial charge on any atom is 0.229 e. The van der Waals surface area contributed by atoms with Crippen LogP contribution in [-0.2, 0) is 4.74 Å². The van der Waals surface area contributed by atoms with E-state index in [1.165, 1.54) is 0 Å². The number of pyridine rings is 1. The zero-order valence-corrected chi connectivity index (χ0v) is 16.4. The fraction of sp³-hybridized carbons (Fsp3) is 0.350. The van der Waals surface area contributed by atoms with Crippen molar-refractivity contribution < 1.29 is 4.74 Å². The van der Waals surface area contributed by atoms with Crippen LogP contribution in [0, 0.1) is 13.8 Å². The van der Waals surface area contributed by atoms with Gasteiger partial charge in [0, 0.05) is 31.8 Å². The molecule has 1 aliphatic rings. The fourth-order valence-corrected chi connectivity index (χ4v) is 3.63. The molecule has 0 atom stereocenters. The SMILES string of the molecule is Cc1cc(-n2cccn2)ncc1Nc1ncc2c(C)nn(C3CCOCC3)c2n1. The molecule has 0 radical (unpaired) electrons. The first kappa shape index (κ1) is 17.7. The zero-order valence-electron chi connectivity index (χ0n) is 16.4. The van der Waals surface area contributed by atoms with E-state index in [4.69, 9.17) is 14.8 Å². The Labute approximate surface area is 167 Å². The second-order valence-corrected chi connectivity index (χ2v) is 7.24. The van der Waals surface area contributed by atoms with Crippen LogP contribution in [0.3, 0.4) is 0 Å². The highest BCUT2D eigenvalue weighted by Crippen LogP contribution is 2.27. The van der Waals surface area contributed by atoms with Crippen LogP contribution in [0.25, 0.3) is 16.9 Å². The Hall–Kier alpha value is -3.33. The number of nitrogens with one attached hydrogen (secondary N) is 1. The van der Waals surface area contributed by atoms with Gasteiger partial charge in [0.2, 0.25) is 5.95 Å². The molecule has 0 bridgehead atoms. The van der Waals surface area contributed by atoms with Crippen molar-refractivity contribution in [2.75, 3.05) is 18.5 Å². The average molecular weight is 390 g/mol. The molecule has 29 heavy (non-hydrogen) atoms. The van der Waals surface area contributed by atoms with E-state index in [1.54, 1.807) is 17.1 Å². The molecule has 0 aliphatic carbocycles. The van der Waals surface area contributed by atoms with Crippen molar-refractivity contribution in [2.24, 2.45) is 0 Å². The minimum Gasteiger partial charge on any atom is -0.381 e. The van der Waals surface area contributed by atoms with Crippen LogP contribution in [0.2, 0.25) is 0 Å². The first-order valence-electron chi connectivity index (χ1n) is 9.72. The lowest BCUT2D eigenvalue weighted by molar-refractivity contribution is 0.0672. The average Bonchev–Trinajstić information content (AvgIpc) is 3.39. The van der Waals surface area contributed by atoms with Crippen LogP contribution in [0.15, 0.2) is 36.9 Å². The van der Waals surface area contributed by atoms with E-state index in [0.717, 1.165) is 59.9 Å². The van der Waals surface area contributed by atoms with Gasteiger partial charge >= 0.3 is 0 Å². The third-order valence-corrected chi connectivity index (χ3v) is 5.25. The van der Waals surface area contributed by atoms with Crippen molar-refractivity contribution in [3.05, 3.63) is 48.2 Å². The van der Waals surface area contributed by atoms with Gasteiger partial charge in [-0.1, -0.05) is 0 Å². The van der Waals surface area contributed by atoms with Crippen LogP contribution in [0.4, 0.5) is 11.6 Å². The molecule has 0 unspecified atom stereocenters. The summed E-state index contributed by atoms with van der Waals surface area (Å²) in [4.78, 5) is 13.7. The van der Waals surface area contributed by atoms with Crippen LogP contribution in [0.1, 0.15) is 30.1 Å². The maximum absolute atomic E-state index is 5.49. The lowest BCUT2D eigenvalue weighted by Gasteiger charge is -2.22. The highest BCUT2D eigenvalue weighted by Gasteiger charge is 2.21. The van der Waals surface area contributed by atoms with Crippen LogP contribution in [0.5, 0.6) is 0 Å². The van der Waals surface area contributed by atoms with E-state index in [-0.39, 0.29) is 0 Å². The minimum absolute atomic E-state index is 0.305. The van der Waals surface area contributed by atoms with Crippen molar-refractivity contribution in [1.29, 1.82) is 0 Å². The van der Waals surface area contributed by atoms with Crippen LogP contribution < -0.4 is 5.32 Å². The molecule has 1 aliphatic heterocycles. The van der Waals surface area contributed by atoms with Crippen molar-refractivity contribution in [3.63, 3.8) is 0 Å². The van der Waals surface area contributed by atoms with E-state index in [2.05, 4.69) is 20.4 Å². The number of aryl methyl sites for hydroxylation is 2. The third-order valence-electron chi connectivity index (χ3n) is 5.25. The van der Waals surface area contributed by atoms with Crippen molar-refractivity contribution in [3.8, 4) is 5.82 Å². The third kappa shape index (κ3) is 3.33. The van der Waals surface area contributed by atoms with Gasteiger partial charge in [-0.2, -0.15) is 15.2 Å². The summed E-state index contributed by atoms with van der Waals surface area (Å²) in [7, 11) is 0. The Morgan fingerprint density at radius 3 is 2.76 bits per heavy atom. The fourth-order valence-electron chi connectivity index (χ4n) is 3.63. The van der Waals surface area contributed by atoms with E-state index in [1.807, 2.05) is 43.1 Å². The van der Waals surface area contributed by atoms with Gasteiger partial charge in [0.25, 0.3) is 0 Å². The monoisotopic (exact) mass is 390 g/mol. The van der Waals surface area contributed by atoms with Gasteiger partial charge in [0.15, 0.2) is 11.5 Å². The quantitative estimate of drug-likeness (QED) is 0.572. The van der Waals surface area contributed by atoms with E-state index in [9.17, 15) is 0 Å². The number of anilines is 2. The van der Waals surface area contributed by atoms with E-state index in [0.29, 0.717) is 12.0 Å². The molecule has 1 saturated heterocycles. The van der Waals surface area contributed by atoms with Crippen molar-refractivity contribution >= 4 is 22.7 Å². The normalized spacial score (nSPS) is 15.1. The van der Waals surface area contributed by atoms with Gasteiger partial charge in [-0.15, -0.1) is 0 Å². The molecule has 9 heteroatoms. The minimum atomic E-state index is 0.305. The molecule has 1 N–H and O–H groups in total. The zero-order chi connectivity index (χ0) is 19.8. The smallest absolute Gasteiger partial charge is 0.229 e. The molecule has 9 nitrogen and oxygen atoms in total. The number of aromatic nitrogens is 7. The molecule has 0 amide bonds. The Bertz CT molecular complexity index is 1140. The molecule has 1 fully saturated rings. The maximum atomic E-state index is 5.49. The highest BCUT2D eigenvalue weighted by molar-refractivity contribution is 5.79. The number of hydrogen-bond acceptors (Lipinski definition) is 7. The molecule has 0 saturated carbocycles. The van der Waals surface area contributed by atoms with Crippen molar-refractivity contribution in [2.45, 2.75) is 32.7 Å². The van der Waals surface area contributed by atoms with Crippen molar-refractivity contribution in [1.82, 2.24) is 34.5 Å². The Balaban J connectivity index is 1.46. The molecule has 0 aromatic carbocycles. The first-order valence-corrected chi connectivity index (χ1v) is 9.72. The molecule has 148 valence electrons.